The largest absolute Gasteiger partial charge is 0.461 e. The molecule has 9 heteroatoms. The Kier molecular flexibility index (Phi) is 5.90. The molecule has 144 valence electrons. The van der Waals surface area contributed by atoms with Crippen molar-refractivity contribution in [2.24, 2.45) is 0 Å². The highest BCUT2D eigenvalue weighted by molar-refractivity contribution is 6.30. The second kappa shape index (κ2) is 8.53. The third-order valence-corrected chi connectivity index (χ3v) is 3.94. The second-order valence-electron chi connectivity index (χ2n) is 5.85. The van der Waals surface area contributed by atoms with Gasteiger partial charge in [0.15, 0.2) is 17.3 Å². The van der Waals surface area contributed by atoms with E-state index >= 15 is 0 Å². The lowest BCUT2D eigenvalue weighted by molar-refractivity contribution is 0.0520. The van der Waals surface area contributed by atoms with E-state index in [1.807, 2.05) is 19.1 Å². The minimum atomic E-state index is -0.618. The van der Waals surface area contributed by atoms with Crippen LogP contribution in [0.25, 0.3) is 12.2 Å². The van der Waals surface area contributed by atoms with E-state index in [2.05, 4.69) is 25.5 Å². The van der Waals surface area contributed by atoms with E-state index in [0.717, 1.165) is 11.3 Å². The van der Waals surface area contributed by atoms with E-state index < -0.39 is 5.97 Å². The molecule has 0 aliphatic rings. The summed E-state index contributed by atoms with van der Waals surface area (Å²) < 4.78 is 5.05. The van der Waals surface area contributed by atoms with E-state index in [4.69, 9.17) is 22.1 Å². The van der Waals surface area contributed by atoms with Crippen LogP contribution in [0.3, 0.4) is 0 Å². The quantitative estimate of drug-likeness (QED) is 0.539. The summed E-state index contributed by atoms with van der Waals surface area (Å²) in [5.74, 6) is 0.543. The third kappa shape index (κ3) is 4.66. The number of aromatic amines is 1. The molecule has 0 atom stereocenters. The highest BCUT2D eigenvalue weighted by atomic mass is 35.5. The number of benzene rings is 1. The Hall–Kier alpha value is -3.39. The number of carbonyl (C=O) groups excluding carboxylic acids is 1. The molecule has 0 fully saturated rings. The van der Waals surface area contributed by atoms with Crippen LogP contribution >= 0.6 is 11.6 Å². The molecule has 0 amide bonds. The van der Waals surface area contributed by atoms with Crippen molar-refractivity contribution in [3.8, 4) is 0 Å². The zero-order chi connectivity index (χ0) is 20.1. The summed E-state index contributed by atoms with van der Waals surface area (Å²) in [6, 6.07) is 9.06. The second-order valence-corrected chi connectivity index (χ2v) is 6.28. The van der Waals surface area contributed by atoms with Crippen molar-refractivity contribution in [3.63, 3.8) is 0 Å². The van der Waals surface area contributed by atoms with Gasteiger partial charge in [-0.05, 0) is 37.6 Å². The Morgan fingerprint density at radius 1 is 1.29 bits per heavy atom. The summed E-state index contributed by atoms with van der Waals surface area (Å²) >= 11 is 5.90. The minimum absolute atomic E-state index is 0.00802. The maximum atomic E-state index is 12.3. The molecule has 8 nitrogen and oxygen atoms in total. The predicted octanol–water partition coefficient (Wildman–Crippen LogP) is 3.83. The van der Waals surface area contributed by atoms with Gasteiger partial charge in [0.1, 0.15) is 11.5 Å². The maximum Gasteiger partial charge on any atom is 0.359 e. The molecule has 4 N–H and O–H groups in total. The number of aryl methyl sites for hydroxylation is 1. The molecule has 0 bridgehead atoms. The summed E-state index contributed by atoms with van der Waals surface area (Å²) in [5.41, 5.74) is 7.88. The van der Waals surface area contributed by atoms with Crippen LogP contribution in [0.5, 0.6) is 0 Å². The van der Waals surface area contributed by atoms with Crippen molar-refractivity contribution in [3.05, 3.63) is 58.1 Å². The highest BCUT2D eigenvalue weighted by Gasteiger charge is 2.19. The minimum Gasteiger partial charge on any atom is -0.461 e. The normalized spacial score (nSPS) is 11.0. The average molecular weight is 399 g/mol. The standard InChI is InChI=1S/C19H19ClN6O2/c1-3-28-19(27)17-16(21)18(24-15-10-11(2)25-26-15)23-14(22-17)9-6-12-4-7-13(20)8-5-12/h4-10H,3,21H2,1-2H3,(H2,22,23,24,25,26). The van der Waals surface area contributed by atoms with Crippen LogP contribution in [0.1, 0.15) is 34.5 Å². The first-order valence-electron chi connectivity index (χ1n) is 8.53. The van der Waals surface area contributed by atoms with Crippen molar-refractivity contribution < 1.29 is 9.53 Å². The number of anilines is 3. The highest BCUT2D eigenvalue weighted by Crippen LogP contribution is 2.24. The maximum absolute atomic E-state index is 12.3. The molecule has 0 saturated heterocycles. The third-order valence-electron chi connectivity index (χ3n) is 3.69. The van der Waals surface area contributed by atoms with Crippen LogP contribution in [-0.4, -0.2) is 32.7 Å². The van der Waals surface area contributed by atoms with Gasteiger partial charge in [0.25, 0.3) is 0 Å². The van der Waals surface area contributed by atoms with Gasteiger partial charge in [0.2, 0.25) is 0 Å². The molecule has 3 aromatic rings. The molecule has 0 spiro atoms. The first-order valence-corrected chi connectivity index (χ1v) is 8.91. The molecular formula is C19H19ClN6O2. The monoisotopic (exact) mass is 398 g/mol. The number of halogens is 1. The lowest BCUT2D eigenvalue weighted by Gasteiger charge is -2.11. The van der Waals surface area contributed by atoms with Gasteiger partial charge >= 0.3 is 5.97 Å². The molecule has 2 heterocycles. The fraction of sp³-hybridized carbons (Fsp3) is 0.158. The molecular weight excluding hydrogens is 380 g/mol. The van der Waals surface area contributed by atoms with E-state index in [-0.39, 0.29) is 23.8 Å². The Labute approximate surface area is 166 Å². The fourth-order valence-electron chi connectivity index (χ4n) is 2.37. The van der Waals surface area contributed by atoms with Gasteiger partial charge in [-0.1, -0.05) is 29.8 Å². The first kappa shape index (κ1) is 19.4. The number of nitrogens with two attached hydrogens (primary N) is 1. The molecule has 3 rings (SSSR count). The number of ether oxygens (including phenoxy) is 1. The van der Waals surface area contributed by atoms with E-state index in [1.54, 1.807) is 37.3 Å². The number of nitrogens with one attached hydrogen (secondary N) is 2. The van der Waals surface area contributed by atoms with Gasteiger partial charge in [-0.2, -0.15) is 5.10 Å². The molecule has 0 aliphatic heterocycles. The van der Waals surface area contributed by atoms with Gasteiger partial charge in [0.05, 0.1) is 12.3 Å². The van der Waals surface area contributed by atoms with Gasteiger partial charge in [-0.25, -0.2) is 14.8 Å². The van der Waals surface area contributed by atoms with Crippen LogP contribution < -0.4 is 11.1 Å². The lowest BCUT2D eigenvalue weighted by Crippen LogP contribution is -2.14. The zero-order valence-electron chi connectivity index (χ0n) is 15.4. The summed E-state index contributed by atoms with van der Waals surface area (Å²) in [4.78, 5) is 20.9. The number of aromatic nitrogens is 4. The number of hydrogen-bond acceptors (Lipinski definition) is 7. The summed E-state index contributed by atoms with van der Waals surface area (Å²) in [5, 5.41) is 10.5. The number of nitrogen functional groups attached to an aromatic ring is 1. The number of nitrogens with zero attached hydrogens (tertiary/aromatic N) is 3. The van der Waals surface area contributed by atoms with Crippen LogP contribution in [0.15, 0.2) is 30.3 Å². The Morgan fingerprint density at radius 2 is 2.04 bits per heavy atom. The van der Waals surface area contributed by atoms with Crippen molar-refractivity contribution >= 4 is 47.0 Å². The predicted molar refractivity (Wildman–Crippen MR) is 109 cm³/mol. The Balaban J connectivity index is 1.98. The molecule has 0 saturated carbocycles. The van der Waals surface area contributed by atoms with Gasteiger partial charge in [-0.15, -0.1) is 0 Å². The SMILES string of the molecule is CCOC(=O)c1nc(C=Cc2ccc(Cl)cc2)nc(Nc2cc(C)n[nH]2)c1N. The zero-order valence-corrected chi connectivity index (χ0v) is 16.1. The van der Waals surface area contributed by atoms with Crippen molar-refractivity contribution in [1.29, 1.82) is 0 Å². The van der Waals surface area contributed by atoms with E-state index in [9.17, 15) is 4.79 Å². The van der Waals surface area contributed by atoms with Gasteiger partial charge < -0.3 is 15.8 Å². The number of rotatable bonds is 6. The summed E-state index contributed by atoms with van der Waals surface area (Å²) in [7, 11) is 0. The molecule has 0 aliphatic carbocycles. The Bertz CT molecular complexity index is 1010. The van der Waals surface area contributed by atoms with E-state index in [0.29, 0.717) is 16.7 Å². The number of hydrogen-bond donors (Lipinski definition) is 3. The van der Waals surface area contributed by atoms with Crippen molar-refractivity contribution in [2.45, 2.75) is 13.8 Å². The van der Waals surface area contributed by atoms with Crippen LogP contribution in [-0.2, 0) is 4.74 Å². The first-order chi connectivity index (χ1) is 13.5. The lowest BCUT2D eigenvalue weighted by atomic mass is 10.2. The average Bonchev–Trinajstić information content (AvgIpc) is 3.08. The number of H-pyrrole nitrogens is 1. The molecule has 1 aromatic carbocycles. The van der Waals surface area contributed by atoms with Gasteiger partial charge in [-0.3, -0.25) is 5.10 Å². The van der Waals surface area contributed by atoms with E-state index in [1.165, 1.54) is 0 Å². The Morgan fingerprint density at radius 3 is 2.68 bits per heavy atom. The molecule has 2 aromatic heterocycles. The smallest absolute Gasteiger partial charge is 0.359 e. The fourth-order valence-corrected chi connectivity index (χ4v) is 2.50. The summed E-state index contributed by atoms with van der Waals surface area (Å²) in [6.07, 6.45) is 3.48. The molecule has 0 unspecified atom stereocenters. The summed E-state index contributed by atoms with van der Waals surface area (Å²) in [6.45, 7) is 3.76. The van der Waals surface area contributed by atoms with Crippen LogP contribution in [0.2, 0.25) is 5.02 Å². The number of esters is 1. The molecule has 0 radical (unpaired) electrons. The van der Waals surface area contributed by atoms with Crippen molar-refractivity contribution in [1.82, 2.24) is 20.2 Å². The molecule has 28 heavy (non-hydrogen) atoms. The van der Waals surface area contributed by atoms with Gasteiger partial charge in [0, 0.05) is 11.1 Å². The number of carbonyl (C=O) groups is 1. The van der Waals surface area contributed by atoms with Crippen LogP contribution in [0, 0.1) is 6.92 Å². The van der Waals surface area contributed by atoms with Crippen molar-refractivity contribution in [2.75, 3.05) is 17.7 Å². The topological polar surface area (TPSA) is 119 Å². The van der Waals surface area contributed by atoms with Crippen LogP contribution in [0.4, 0.5) is 17.3 Å².